The van der Waals surface area contributed by atoms with Crippen molar-refractivity contribution in [2.75, 3.05) is 0 Å². The van der Waals surface area contributed by atoms with E-state index in [-0.39, 0.29) is 34.1 Å². The second kappa shape index (κ2) is 11.0. The van der Waals surface area contributed by atoms with E-state index in [2.05, 4.69) is 19.2 Å². The van der Waals surface area contributed by atoms with Crippen LogP contribution in [0.15, 0.2) is 6.07 Å². The molecule has 0 atom stereocenters. The van der Waals surface area contributed by atoms with Crippen molar-refractivity contribution in [3.8, 4) is 0 Å². The van der Waals surface area contributed by atoms with Gasteiger partial charge in [0, 0.05) is 0 Å². The highest BCUT2D eigenvalue weighted by molar-refractivity contribution is 7.13. The Morgan fingerprint density at radius 1 is 0.478 bits per heavy atom. The zero-order chi connectivity index (χ0) is 35.2. The van der Waals surface area contributed by atoms with Crippen LogP contribution in [0.1, 0.15) is 121 Å². The zero-order valence-electron chi connectivity index (χ0n) is 27.0. The lowest BCUT2D eigenvalue weighted by molar-refractivity contribution is -0.163. The fraction of sp³-hybridized carbons (Fsp3) is 0.613. The smallest absolute Gasteiger partial charge is 0.166 e. The molecule has 2 aromatic carbocycles. The van der Waals surface area contributed by atoms with Crippen molar-refractivity contribution in [2.45, 2.75) is 122 Å². The van der Waals surface area contributed by atoms with Crippen LogP contribution in [-0.2, 0) is 40.2 Å². The average molecular weight is 699 g/mol. The Bertz CT molecular complexity index is 1780. The second-order valence-electron chi connectivity index (χ2n) is 15.0. The van der Waals surface area contributed by atoms with E-state index in [1.807, 2.05) is 0 Å². The summed E-state index contributed by atoms with van der Waals surface area (Å²) in [6.07, 6.45) is -15.9. The first-order chi connectivity index (χ1) is 20.5. The van der Waals surface area contributed by atoms with Gasteiger partial charge in [-0.3, -0.25) is 0 Å². The van der Waals surface area contributed by atoms with Crippen LogP contribution in [-0.4, -0.2) is 19.2 Å². The number of aromatic nitrogens is 4. The van der Waals surface area contributed by atoms with E-state index in [4.69, 9.17) is 0 Å². The van der Waals surface area contributed by atoms with Crippen LogP contribution in [0, 0.1) is 0 Å². The molecule has 0 bridgehead atoms. The molecule has 0 fully saturated rings. The lowest BCUT2D eigenvalue weighted by atomic mass is 9.68. The van der Waals surface area contributed by atoms with Crippen molar-refractivity contribution in [1.29, 1.82) is 0 Å². The van der Waals surface area contributed by atoms with Gasteiger partial charge in [-0.15, -0.1) is 10.2 Å². The van der Waals surface area contributed by atoms with Crippen LogP contribution in [0.2, 0.25) is 0 Å². The van der Waals surface area contributed by atoms with Crippen LogP contribution in [0.3, 0.4) is 0 Å². The van der Waals surface area contributed by atoms with E-state index in [1.165, 1.54) is 48.5 Å². The zero-order valence-corrected chi connectivity index (χ0v) is 28.6. The maximum atomic E-state index is 14.9. The minimum atomic E-state index is -5.42. The van der Waals surface area contributed by atoms with Gasteiger partial charge in [0.1, 0.15) is 11.0 Å². The Hall–Kier alpha value is -2.55. The molecule has 0 aliphatic heterocycles. The van der Waals surface area contributed by atoms with Gasteiger partial charge in [-0.2, -0.15) is 39.5 Å². The number of benzene rings is 2. The first kappa shape index (κ1) is 36.3. The number of fused-ring (bicyclic) bond motifs is 2. The average Bonchev–Trinajstić information content (AvgIpc) is 3.51. The first-order valence-electron chi connectivity index (χ1n) is 14.4. The second-order valence-corrected chi connectivity index (χ2v) is 16.5. The fourth-order valence-corrected chi connectivity index (χ4v) is 8.02. The van der Waals surface area contributed by atoms with E-state index in [0.717, 1.165) is 17.6 Å². The number of hydrogen-bond donors (Lipinski definition) is 0. The molecular formula is C31H35F9N4S2. The van der Waals surface area contributed by atoms with E-state index in [9.17, 15) is 39.5 Å². The summed E-state index contributed by atoms with van der Waals surface area (Å²) in [6.45, 7) is 15.2. The van der Waals surface area contributed by atoms with E-state index in [1.54, 1.807) is 20.8 Å². The van der Waals surface area contributed by atoms with Crippen LogP contribution in [0.5, 0.6) is 0 Å². The van der Waals surface area contributed by atoms with Crippen molar-refractivity contribution < 1.29 is 39.5 Å². The van der Waals surface area contributed by atoms with Crippen molar-refractivity contribution in [2.24, 2.45) is 0 Å². The third kappa shape index (κ3) is 6.46. The summed E-state index contributed by atoms with van der Waals surface area (Å²) < 4.78 is 141. The van der Waals surface area contributed by atoms with Gasteiger partial charge in [-0.25, -0.2) is 0 Å². The molecule has 0 unspecified atom stereocenters. The van der Waals surface area contributed by atoms with Crippen LogP contribution in [0.4, 0.5) is 39.5 Å². The van der Waals surface area contributed by atoms with Crippen molar-refractivity contribution in [3.05, 3.63) is 45.0 Å². The number of halogens is 9. The fourth-order valence-electron chi connectivity index (χ4n) is 6.22. The highest BCUT2D eigenvalue weighted by atomic mass is 32.1. The Kier molecular flexibility index (Phi) is 8.67. The molecule has 46 heavy (non-hydrogen) atoms. The molecule has 4 aromatic rings. The van der Waals surface area contributed by atoms with E-state index >= 15 is 0 Å². The van der Waals surface area contributed by atoms with Gasteiger partial charge < -0.3 is 0 Å². The van der Waals surface area contributed by atoms with Crippen molar-refractivity contribution in [3.63, 3.8) is 0 Å². The molecule has 15 heteroatoms. The molecule has 254 valence electrons. The molecule has 2 aromatic heterocycles. The standard InChI is InChI=1S/C31H35F9N4S2/c1-25(2,3)15-13-14(29(32,33)34)16(21-23(15)45-43-41-21)27(7,8)11-12-28(9,10)20-18(31(38,39)40)17(30(35,36)37)19(26(4,5)6)22-24(20)46-44-42-22/h13H,11-12H2,1-10H3. The Balaban J connectivity index is 1.97. The molecule has 0 N–H and O–H groups in total. The molecule has 4 rings (SSSR count). The summed E-state index contributed by atoms with van der Waals surface area (Å²) >= 11 is 1.52. The minimum Gasteiger partial charge on any atom is -0.166 e. The summed E-state index contributed by atoms with van der Waals surface area (Å²) in [5.41, 5.74) is -10.8. The van der Waals surface area contributed by atoms with Gasteiger partial charge in [0.2, 0.25) is 0 Å². The molecule has 0 radical (unpaired) electrons. The summed E-state index contributed by atoms with van der Waals surface area (Å²) in [6, 6.07) is 1.08. The molecular weight excluding hydrogens is 663 g/mol. The minimum absolute atomic E-state index is 0.0477. The molecule has 0 saturated carbocycles. The number of hydrogen-bond acceptors (Lipinski definition) is 6. The molecule has 0 amide bonds. The quantitative estimate of drug-likeness (QED) is 0.195. The van der Waals surface area contributed by atoms with E-state index in [0.29, 0.717) is 21.8 Å². The van der Waals surface area contributed by atoms with Gasteiger partial charge >= 0.3 is 18.5 Å². The Labute approximate surface area is 269 Å². The SMILES string of the molecule is CC(C)(C)c1c(C(F)(F)F)c(C(F)(F)F)c(C(C)(C)CCC(C)(C)c2c(C(F)(F)F)cc(C(C)(C)C)c3snnc23)c2snnc12. The third-order valence-corrected chi connectivity index (χ3v) is 9.89. The van der Waals surface area contributed by atoms with Crippen molar-refractivity contribution >= 4 is 43.5 Å². The van der Waals surface area contributed by atoms with Gasteiger partial charge in [-0.1, -0.05) is 78.2 Å². The van der Waals surface area contributed by atoms with Gasteiger partial charge in [0.15, 0.2) is 0 Å². The Morgan fingerprint density at radius 2 is 0.891 bits per heavy atom. The number of alkyl halides is 9. The molecule has 2 heterocycles. The largest absolute Gasteiger partial charge is 0.417 e. The lowest BCUT2D eigenvalue weighted by Crippen LogP contribution is -2.32. The summed E-state index contributed by atoms with van der Waals surface area (Å²) in [5.74, 6) is 0. The summed E-state index contributed by atoms with van der Waals surface area (Å²) in [7, 11) is 0. The van der Waals surface area contributed by atoms with Crippen molar-refractivity contribution in [1.82, 2.24) is 19.2 Å². The summed E-state index contributed by atoms with van der Waals surface area (Å²) in [4.78, 5) is 0. The maximum absolute atomic E-state index is 14.9. The maximum Gasteiger partial charge on any atom is 0.417 e. The predicted octanol–water partition coefficient (Wildman–Crippen LogP) is 11.4. The van der Waals surface area contributed by atoms with Gasteiger partial charge in [0.05, 0.1) is 26.1 Å². The highest BCUT2D eigenvalue weighted by Crippen LogP contribution is 2.55. The number of rotatable bonds is 5. The third-order valence-electron chi connectivity index (χ3n) is 8.39. The first-order valence-corrected chi connectivity index (χ1v) is 15.9. The molecule has 4 nitrogen and oxygen atoms in total. The molecule has 0 spiro atoms. The van der Waals surface area contributed by atoms with Crippen LogP contribution in [0.25, 0.3) is 20.4 Å². The van der Waals surface area contributed by atoms with E-state index < -0.39 is 68.0 Å². The topological polar surface area (TPSA) is 51.6 Å². The lowest BCUT2D eigenvalue weighted by Gasteiger charge is -2.37. The molecule has 0 aliphatic carbocycles. The Morgan fingerprint density at radius 3 is 1.30 bits per heavy atom. The predicted molar refractivity (Wildman–Crippen MR) is 163 cm³/mol. The highest BCUT2D eigenvalue weighted by Gasteiger charge is 2.52. The monoisotopic (exact) mass is 698 g/mol. The van der Waals surface area contributed by atoms with Crippen LogP contribution >= 0.6 is 23.1 Å². The van der Waals surface area contributed by atoms with Crippen LogP contribution < -0.4 is 0 Å². The van der Waals surface area contributed by atoms with Gasteiger partial charge in [0.25, 0.3) is 0 Å². The molecule has 0 saturated heterocycles. The van der Waals surface area contributed by atoms with Gasteiger partial charge in [-0.05, 0) is 85.9 Å². The number of nitrogens with zero attached hydrogens (tertiary/aromatic N) is 4. The summed E-state index contributed by atoms with van der Waals surface area (Å²) in [5, 5.41) is 7.94. The normalized spacial score (nSPS) is 14.6. The molecule has 0 aliphatic rings.